The van der Waals surface area contributed by atoms with Gasteiger partial charge in [0.05, 0.1) is 0 Å². The second-order valence-electron chi connectivity index (χ2n) is 5.11. The molecular weight excluding hydrogens is 330 g/mol. The van der Waals surface area contributed by atoms with E-state index in [9.17, 15) is 4.79 Å². The van der Waals surface area contributed by atoms with Gasteiger partial charge in [-0.15, -0.1) is 0 Å². The Hall–Kier alpha value is -1.80. The van der Waals surface area contributed by atoms with Gasteiger partial charge in [-0.2, -0.15) is 5.26 Å². The van der Waals surface area contributed by atoms with Crippen LogP contribution in [0.3, 0.4) is 0 Å². The Morgan fingerprint density at radius 1 is 1.48 bits per heavy atom. The molecule has 112 valence electrons. The van der Waals surface area contributed by atoms with Gasteiger partial charge in [0, 0.05) is 23.8 Å². The summed E-state index contributed by atoms with van der Waals surface area (Å²) in [7, 11) is 0. The van der Waals surface area contributed by atoms with Crippen molar-refractivity contribution in [3.8, 4) is 6.07 Å². The minimum atomic E-state index is -0.332. The van der Waals surface area contributed by atoms with Gasteiger partial charge in [-0.3, -0.25) is 4.79 Å². The van der Waals surface area contributed by atoms with Crippen molar-refractivity contribution in [2.24, 2.45) is 5.92 Å². The summed E-state index contributed by atoms with van der Waals surface area (Å²) in [5.74, 6) is 0.0273. The van der Waals surface area contributed by atoms with Gasteiger partial charge in [-0.05, 0) is 30.0 Å². The number of amides is 1. The van der Waals surface area contributed by atoms with Crippen LogP contribution in [0.2, 0.25) is 0 Å². The van der Waals surface area contributed by atoms with Crippen molar-refractivity contribution >= 4 is 21.8 Å². The molecule has 1 rings (SSSR count). The Bertz CT molecular complexity index is 547. The van der Waals surface area contributed by atoms with E-state index >= 15 is 0 Å². The lowest BCUT2D eigenvalue weighted by molar-refractivity contribution is -0.117. The highest BCUT2D eigenvalue weighted by Gasteiger charge is 2.08. The summed E-state index contributed by atoms with van der Waals surface area (Å²) < 4.78 is 1.04. The highest BCUT2D eigenvalue weighted by Crippen LogP contribution is 2.11. The molecule has 2 N–H and O–H groups in total. The fourth-order valence-electron chi connectivity index (χ4n) is 1.62. The summed E-state index contributed by atoms with van der Waals surface area (Å²) in [5.41, 5.74) is 1.29. The lowest BCUT2D eigenvalue weighted by atomic mass is 10.1. The zero-order valence-corrected chi connectivity index (χ0v) is 13.9. The topological polar surface area (TPSA) is 64.9 Å². The molecule has 1 aromatic carbocycles. The Kier molecular flexibility index (Phi) is 7.55. The van der Waals surface area contributed by atoms with Crippen LogP contribution in [0.1, 0.15) is 19.4 Å². The van der Waals surface area contributed by atoms with Crippen molar-refractivity contribution in [3.63, 3.8) is 0 Å². The van der Waals surface area contributed by atoms with Crippen LogP contribution in [-0.2, 0) is 11.2 Å². The third-order valence-electron chi connectivity index (χ3n) is 2.73. The van der Waals surface area contributed by atoms with E-state index in [0.717, 1.165) is 10.9 Å². The Morgan fingerprint density at radius 2 is 2.24 bits per heavy atom. The molecule has 0 aliphatic carbocycles. The maximum absolute atomic E-state index is 11.7. The number of carbonyl (C=O) groups is 1. The van der Waals surface area contributed by atoms with E-state index in [2.05, 4.69) is 26.6 Å². The molecule has 4 nitrogen and oxygen atoms in total. The number of hydrogen-bond donors (Lipinski definition) is 2. The monoisotopic (exact) mass is 349 g/mol. The van der Waals surface area contributed by atoms with Crippen molar-refractivity contribution in [2.45, 2.75) is 20.3 Å². The fraction of sp³-hybridized carbons (Fsp3) is 0.375. The van der Waals surface area contributed by atoms with E-state index in [4.69, 9.17) is 5.26 Å². The third-order valence-corrected chi connectivity index (χ3v) is 3.22. The minimum Gasteiger partial charge on any atom is -0.389 e. The Labute approximate surface area is 134 Å². The lowest BCUT2D eigenvalue weighted by Gasteiger charge is -2.07. The maximum Gasteiger partial charge on any atom is 0.263 e. The van der Waals surface area contributed by atoms with E-state index in [1.165, 1.54) is 11.8 Å². The number of carbonyl (C=O) groups excluding carboxylic acids is 1. The normalized spacial score (nSPS) is 11.1. The largest absolute Gasteiger partial charge is 0.389 e. The number of nitrogens with zero attached hydrogens (tertiary/aromatic N) is 1. The molecule has 21 heavy (non-hydrogen) atoms. The summed E-state index contributed by atoms with van der Waals surface area (Å²) >= 11 is 3.43. The fourth-order valence-corrected chi connectivity index (χ4v) is 2.07. The molecule has 0 bridgehead atoms. The van der Waals surface area contributed by atoms with Gasteiger partial charge in [0.2, 0.25) is 0 Å². The van der Waals surface area contributed by atoms with Gasteiger partial charge in [0.1, 0.15) is 11.6 Å². The second kappa shape index (κ2) is 9.19. The quantitative estimate of drug-likeness (QED) is 0.452. The number of nitriles is 1. The Balaban J connectivity index is 2.43. The van der Waals surface area contributed by atoms with Crippen LogP contribution in [0.5, 0.6) is 0 Å². The van der Waals surface area contributed by atoms with Crippen LogP contribution in [-0.4, -0.2) is 19.0 Å². The molecule has 0 atom stereocenters. The molecule has 0 heterocycles. The van der Waals surface area contributed by atoms with Crippen LogP contribution in [0.4, 0.5) is 0 Å². The molecule has 5 heteroatoms. The van der Waals surface area contributed by atoms with Crippen molar-refractivity contribution in [2.75, 3.05) is 13.1 Å². The van der Waals surface area contributed by atoms with E-state index in [0.29, 0.717) is 19.0 Å². The number of halogens is 1. The first kappa shape index (κ1) is 17.3. The minimum absolute atomic E-state index is 0.102. The molecule has 0 saturated carbocycles. The number of nitrogens with one attached hydrogen (secondary N) is 2. The smallest absolute Gasteiger partial charge is 0.263 e. The molecule has 0 radical (unpaired) electrons. The molecule has 0 spiro atoms. The van der Waals surface area contributed by atoms with E-state index in [1.807, 2.05) is 44.2 Å². The third kappa shape index (κ3) is 6.96. The number of rotatable bonds is 7. The average molecular weight is 350 g/mol. The van der Waals surface area contributed by atoms with Crippen molar-refractivity contribution in [1.29, 1.82) is 5.26 Å². The van der Waals surface area contributed by atoms with E-state index in [1.54, 1.807) is 0 Å². The summed E-state index contributed by atoms with van der Waals surface area (Å²) in [5, 5.41) is 14.7. The highest BCUT2D eigenvalue weighted by molar-refractivity contribution is 9.10. The molecule has 0 unspecified atom stereocenters. The van der Waals surface area contributed by atoms with Crippen LogP contribution in [0, 0.1) is 17.2 Å². The average Bonchev–Trinajstić information content (AvgIpc) is 2.45. The second-order valence-corrected chi connectivity index (χ2v) is 6.02. The van der Waals surface area contributed by atoms with E-state index in [-0.39, 0.29) is 11.5 Å². The van der Waals surface area contributed by atoms with Gasteiger partial charge in [0.25, 0.3) is 5.91 Å². The molecule has 0 aromatic heterocycles. The summed E-state index contributed by atoms with van der Waals surface area (Å²) in [6.07, 6.45) is 2.30. The molecule has 0 aliphatic heterocycles. The molecule has 0 fully saturated rings. The Morgan fingerprint density at radius 3 is 2.86 bits per heavy atom. The standard InChI is InChI=1S/C16H20BrN3O/c1-12(2)10-20-16(21)14(9-18)11-19-7-6-13-4-3-5-15(17)8-13/h3-5,8,11-12,19H,6-7,10H2,1-2H3,(H,20,21)/b14-11-. The molecule has 0 saturated heterocycles. The van der Waals surface area contributed by atoms with Gasteiger partial charge in [-0.25, -0.2) is 0 Å². The predicted molar refractivity (Wildman–Crippen MR) is 87.4 cm³/mol. The summed E-state index contributed by atoms with van der Waals surface area (Å²) in [6.45, 7) is 5.24. The highest BCUT2D eigenvalue weighted by atomic mass is 79.9. The van der Waals surface area contributed by atoms with E-state index < -0.39 is 0 Å². The first-order chi connectivity index (χ1) is 10.0. The first-order valence-corrected chi connectivity index (χ1v) is 7.68. The van der Waals surface area contributed by atoms with Gasteiger partial charge >= 0.3 is 0 Å². The molecular formula is C16H20BrN3O. The summed E-state index contributed by atoms with van der Waals surface area (Å²) in [6, 6.07) is 9.96. The van der Waals surface area contributed by atoms with Crippen LogP contribution >= 0.6 is 15.9 Å². The summed E-state index contributed by atoms with van der Waals surface area (Å²) in [4.78, 5) is 11.7. The van der Waals surface area contributed by atoms with Crippen LogP contribution in [0.25, 0.3) is 0 Å². The van der Waals surface area contributed by atoms with Crippen molar-refractivity contribution < 1.29 is 4.79 Å². The number of benzene rings is 1. The zero-order valence-electron chi connectivity index (χ0n) is 12.3. The molecule has 0 aliphatic rings. The maximum atomic E-state index is 11.7. The molecule has 1 amide bonds. The van der Waals surface area contributed by atoms with Crippen molar-refractivity contribution in [1.82, 2.24) is 10.6 Å². The van der Waals surface area contributed by atoms with Gasteiger partial charge < -0.3 is 10.6 Å². The number of hydrogen-bond acceptors (Lipinski definition) is 3. The SMILES string of the molecule is CC(C)CNC(=O)/C(C#N)=C\NCCc1cccc(Br)c1. The first-order valence-electron chi connectivity index (χ1n) is 6.89. The van der Waals surface area contributed by atoms with Crippen molar-refractivity contribution in [3.05, 3.63) is 46.1 Å². The zero-order chi connectivity index (χ0) is 15.7. The van der Waals surface area contributed by atoms with Gasteiger partial charge in [-0.1, -0.05) is 41.9 Å². The van der Waals surface area contributed by atoms with Crippen LogP contribution in [0.15, 0.2) is 40.5 Å². The van der Waals surface area contributed by atoms with Gasteiger partial charge in [0.15, 0.2) is 0 Å². The lowest BCUT2D eigenvalue weighted by Crippen LogP contribution is -2.29. The predicted octanol–water partition coefficient (Wildman–Crippen LogP) is 2.76. The van der Waals surface area contributed by atoms with Crippen LogP contribution < -0.4 is 10.6 Å². The molecule has 1 aromatic rings.